The van der Waals surface area contributed by atoms with E-state index in [1.165, 1.54) is 25.3 Å². The van der Waals surface area contributed by atoms with E-state index in [4.69, 9.17) is 18.9 Å². The van der Waals surface area contributed by atoms with Crippen LogP contribution in [0.5, 0.6) is 11.5 Å². The Morgan fingerprint density at radius 2 is 1.74 bits per heavy atom. The van der Waals surface area contributed by atoms with E-state index in [1.54, 1.807) is 18.2 Å². The van der Waals surface area contributed by atoms with Crippen molar-refractivity contribution in [3.8, 4) is 11.5 Å². The standard InChI is InChI=1S/C27H29F3O4/c1-2-3-4-5-16-6-17-9-23(29)22(11-25(17)31-12-16)20-14-33-27(34-15-20)19-7-18-8-21(28)10-24(30)26(18)32-13-19/h7-11,16,20,27H,2-6,12-15H2,1H3. The van der Waals surface area contributed by atoms with E-state index in [9.17, 15) is 8.78 Å². The molecule has 7 heteroatoms. The van der Waals surface area contributed by atoms with Gasteiger partial charge in [0, 0.05) is 23.1 Å². The van der Waals surface area contributed by atoms with Crippen LogP contribution >= 0.6 is 0 Å². The van der Waals surface area contributed by atoms with Gasteiger partial charge in [-0.3, -0.25) is 0 Å². The molecular formula is C27H29F3O4. The summed E-state index contributed by atoms with van der Waals surface area (Å²) in [6, 6.07) is 5.38. The zero-order valence-corrected chi connectivity index (χ0v) is 19.2. The molecule has 1 fully saturated rings. The van der Waals surface area contributed by atoms with Crippen molar-refractivity contribution in [2.24, 2.45) is 5.92 Å². The average Bonchev–Trinajstić information content (AvgIpc) is 2.83. The van der Waals surface area contributed by atoms with Gasteiger partial charge in [-0.15, -0.1) is 0 Å². The summed E-state index contributed by atoms with van der Waals surface area (Å²) in [5, 5.41) is 0. The van der Waals surface area contributed by atoms with Gasteiger partial charge in [-0.25, -0.2) is 13.2 Å². The van der Waals surface area contributed by atoms with E-state index in [1.807, 2.05) is 0 Å². The predicted octanol–water partition coefficient (Wildman–Crippen LogP) is 6.17. The van der Waals surface area contributed by atoms with Crippen LogP contribution in [-0.2, 0) is 15.9 Å². The van der Waals surface area contributed by atoms with Crippen LogP contribution in [0.3, 0.4) is 0 Å². The van der Waals surface area contributed by atoms with Crippen molar-refractivity contribution in [3.63, 3.8) is 0 Å². The molecule has 1 unspecified atom stereocenters. The van der Waals surface area contributed by atoms with Gasteiger partial charge in [0.1, 0.15) is 24.0 Å². The summed E-state index contributed by atoms with van der Waals surface area (Å²) in [6.45, 7) is 3.43. The summed E-state index contributed by atoms with van der Waals surface area (Å²) in [4.78, 5) is 0. The molecule has 0 radical (unpaired) electrons. The molecule has 182 valence electrons. The van der Waals surface area contributed by atoms with Crippen LogP contribution in [0.25, 0.3) is 6.08 Å². The van der Waals surface area contributed by atoms with Gasteiger partial charge < -0.3 is 18.9 Å². The van der Waals surface area contributed by atoms with Gasteiger partial charge in [0.15, 0.2) is 17.9 Å². The second-order valence-corrected chi connectivity index (χ2v) is 9.37. The zero-order valence-electron chi connectivity index (χ0n) is 19.2. The van der Waals surface area contributed by atoms with Crippen molar-refractivity contribution in [1.29, 1.82) is 0 Å². The van der Waals surface area contributed by atoms with Crippen molar-refractivity contribution in [2.45, 2.75) is 51.2 Å². The number of fused-ring (bicyclic) bond motifs is 2. The molecule has 3 aliphatic heterocycles. The number of hydrogen-bond acceptors (Lipinski definition) is 4. The second kappa shape index (κ2) is 10.0. The topological polar surface area (TPSA) is 36.9 Å². The Morgan fingerprint density at radius 1 is 0.912 bits per heavy atom. The highest BCUT2D eigenvalue weighted by Crippen LogP contribution is 2.37. The largest absolute Gasteiger partial charge is 0.493 e. The molecule has 0 amide bonds. The lowest BCUT2D eigenvalue weighted by Gasteiger charge is -2.33. The highest BCUT2D eigenvalue weighted by Gasteiger charge is 2.31. The first-order valence-corrected chi connectivity index (χ1v) is 12.0. The number of ether oxygens (including phenoxy) is 4. The third kappa shape index (κ3) is 4.82. The van der Waals surface area contributed by atoms with Crippen molar-refractivity contribution in [2.75, 3.05) is 26.4 Å². The monoisotopic (exact) mass is 474 g/mol. The molecule has 3 aliphatic rings. The molecule has 0 saturated carbocycles. The maximum absolute atomic E-state index is 15.0. The van der Waals surface area contributed by atoms with E-state index in [2.05, 4.69) is 6.92 Å². The van der Waals surface area contributed by atoms with Crippen LogP contribution < -0.4 is 9.47 Å². The predicted molar refractivity (Wildman–Crippen MR) is 121 cm³/mol. The van der Waals surface area contributed by atoms with Gasteiger partial charge in [0.05, 0.1) is 19.8 Å². The van der Waals surface area contributed by atoms with Gasteiger partial charge in [-0.2, -0.15) is 0 Å². The molecule has 0 bridgehead atoms. The smallest absolute Gasteiger partial charge is 0.183 e. The third-order valence-electron chi connectivity index (χ3n) is 6.78. The molecule has 4 nitrogen and oxygen atoms in total. The lowest BCUT2D eigenvalue weighted by atomic mass is 9.89. The van der Waals surface area contributed by atoms with Crippen LogP contribution in [-0.4, -0.2) is 32.7 Å². The Bertz CT molecular complexity index is 1080. The van der Waals surface area contributed by atoms with Crippen molar-refractivity contribution in [3.05, 3.63) is 64.0 Å². The zero-order chi connectivity index (χ0) is 23.7. The number of unbranched alkanes of at least 4 members (excludes halogenated alkanes) is 2. The summed E-state index contributed by atoms with van der Waals surface area (Å²) in [6.07, 6.45) is 6.43. The molecule has 0 N–H and O–H groups in total. The van der Waals surface area contributed by atoms with E-state index in [-0.39, 0.29) is 37.3 Å². The Morgan fingerprint density at radius 3 is 2.53 bits per heavy atom. The van der Waals surface area contributed by atoms with Gasteiger partial charge in [0.2, 0.25) is 0 Å². The first kappa shape index (κ1) is 23.2. The van der Waals surface area contributed by atoms with Crippen molar-refractivity contribution in [1.82, 2.24) is 0 Å². The number of rotatable bonds is 6. The maximum Gasteiger partial charge on any atom is 0.183 e. The molecule has 1 atom stereocenters. The van der Waals surface area contributed by atoms with Gasteiger partial charge in [-0.05, 0) is 54.2 Å². The summed E-state index contributed by atoms with van der Waals surface area (Å²) in [5.74, 6) is -0.776. The van der Waals surface area contributed by atoms with E-state index >= 15 is 4.39 Å². The molecule has 3 heterocycles. The van der Waals surface area contributed by atoms with E-state index in [0.717, 1.165) is 30.2 Å². The summed E-state index contributed by atoms with van der Waals surface area (Å²) in [5.41, 5.74) is 2.37. The SMILES string of the molecule is CCCCCC1COc2cc(C3COC(C4=Cc5cc(F)cc(F)c5OC4)OC3)c(F)cc2C1. The number of halogens is 3. The number of hydrogen-bond donors (Lipinski definition) is 0. The Hall–Kier alpha value is -2.51. The highest BCUT2D eigenvalue weighted by atomic mass is 19.1. The molecule has 0 aliphatic carbocycles. The van der Waals surface area contributed by atoms with Crippen molar-refractivity contribution >= 4 is 6.08 Å². The third-order valence-corrected chi connectivity index (χ3v) is 6.78. The Kier molecular flexibility index (Phi) is 6.84. The number of benzene rings is 2. The quantitative estimate of drug-likeness (QED) is 0.470. The lowest BCUT2D eigenvalue weighted by Crippen LogP contribution is -2.35. The Balaban J connectivity index is 1.24. The average molecular weight is 475 g/mol. The fourth-order valence-electron chi connectivity index (χ4n) is 4.93. The van der Waals surface area contributed by atoms with Crippen molar-refractivity contribution < 1.29 is 32.1 Å². The normalized spacial score (nSPS) is 23.9. The Labute approximate surface area is 197 Å². The second-order valence-electron chi connectivity index (χ2n) is 9.37. The summed E-state index contributed by atoms with van der Waals surface area (Å²) in [7, 11) is 0. The lowest BCUT2D eigenvalue weighted by molar-refractivity contribution is -0.168. The minimum absolute atomic E-state index is 0.0163. The van der Waals surface area contributed by atoms with Crippen LogP contribution in [0.2, 0.25) is 0 Å². The fourth-order valence-corrected chi connectivity index (χ4v) is 4.93. The summed E-state index contributed by atoms with van der Waals surface area (Å²) < 4.78 is 65.7. The minimum atomic E-state index is -0.742. The molecule has 0 aromatic heterocycles. The molecule has 1 saturated heterocycles. The fraction of sp³-hybridized carbons (Fsp3) is 0.481. The van der Waals surface area contributed by atoms with E-state index < -0.39 is 17.9 Å². The summed E-state index contributed by atoms with van der Waals surface area (Å²) >= 11 is 0. The van der Waals surface area contributed by atoms with Gasteiger partial charge in [0.25, 0.3) is 0 Å². The highest BCUT2D eigenvalue weighted by molar-refractivity contribution is 5.63. The molecule has 5 rings (SSSR count). The van der Waals surface area contributed by atoms with Gasteiger partial charge >= 0.3 is 0 Å². The van der Waals surface area contributed by atoms with Crippen LogP contribution in [0.4, 0.5) is 13.2 Å². The molecule has 34 heavy (non-hydrogen) atoms. The van der Waals surface area contributed by atoms with Crippen LogP contribution in [0, 0.1) is 23.4 Å². The molecule has 2 aromatic carbocycles. The minimum Gasteiger partial charge on any atom is -0.493 e. The molecular weight excluding hydrogens is 445 g/mol. The van der Waals surface area contributed by atoms with E-state index in [0.29, 0.717) is 29.2 Å². The first-order chi connectivity index (χ1) is 16.5. The van der Waals surface area contributed by atoms with Crippen LogP contribution in [0.15, 0.2) is 29.8 Å². The van der Waals surface area contributed by atoms with Crippen LogP contribution in [0.1, 0.15) is 55.2 Å². The maximum atomic E-state index is 15.0. The molecule has 0 spiro atoms. The van der Waals surface area contributed by atoms with Gasteiger partial charge in [-0.1, -0.05) is 26.2 Å². The first-order valence-electron chi connectivity index (χ1n) is 12.0. The molecule has 2 aromatic rings.